The minimum atomic E-state index is -0.410. The molecule has 0 saturated heterocycles. The second kappa shape index (κ2) is 9.45. The van der Waals surface area contributed by atoms with Gasteiger partial charge in [0.25, 0.3) is 0 Å². The van der Waals surface area contributed by atoms with E-state index in [0.29, 0.717) is 6.54 Å². The molecular weight excluding hydrogens is 388 g/mol. The van der Waals surface area contributed by atoms with Gasteiger partial charge in [-0.05, 0) is 88.5 Å². The number of nitrogens with one attached hydrogen (secondary N) is 1. The van der Waals surface area contributed by atoms with E-state index in [1.54, 1.807) is 7.11 Å². The van der Waals surface area contributed by atoms with E-state index >= 15 is 0 Å². The normalized spacial score (nSPS) is 15.9. The van der Waals surface area contributed by atoms with Gasteiger partial charge in [-0.1, -0.05) is 6.07 Å². The Kier molecular flexibility index (Phi) is 6.68. The van der Waals surface area contributed by atoms with Crippen LogP contribution >= 0.6 is 0 Å². The molecule has 1 aliphatic carbocycles. The number of aliphatic hydroxyl groups excluding tert-OH is 1. The first-order chi connectivity index (χ1) is 15.0. The second-order valence-corrected chi connectivity index (χ2v) is 9.15. The van der Waals surface area contributed by atoms with Gasteiger partial charge in [-0.15, -0.1) is 0 Å². The van der Waals surface area contributed by atoms with E-state index in [9.17, 15) is 5.11 Å². The van der Waals surface area contributed by atoms with Gasteiger partial charge in [-0.2, -0.15) is 0 Å². The number of hydrogen-bond acceptors (Lipinski definition) is 6. The fourth-order valence-corrected chi connectivity index (χ4v) is 4.75. The highest BCUT2D eigenvalue weighted by Gasteiger charge is 2.30. The Labute approximate surface area is 186 Å². The summed E-state index contributed by atoms with van der Waals surface area (Å²) in [5.74, 6) is 1.94. The Hall–Kier alpha value is -2.31. The first-order valence-corrected chi connectivity index (χ1v) is 11.5. The number of aromatic nitrogens is 1. The minimum Gasteiger partial charge on any atom is -0.497 e. The van der Waals surface area contributed by atoms with Crippen LogP contribution in [0, 0.1) is 0 Å². The molecule has 2 heterocycles. The van der Waals surface area contributed by atoms with Crippen LogP contribution in [0.2, 0.25) is 0 Å². The summed E-state index contributed by atoms with van der Waals surface area (Å²) in [6.07, 6.45) is 5.13. The number of fused-ring (bicyclic) bond motifs is 4. The Bertz CT molecular complexity index is 926. The first kappa shape index (κ1) is 21.9. The first-order valence-electron chi connectivity index (χ1n) is 11.5. The summed E-state index contributed by atoms with van der Waals surface area (Å²) in [6.45, 7) is 5.25. The highest BCUT2D eigenvalue weighted by atomic mass is 16.5. The quantitative estimate of drug-likeness (QED) is 0.674. The third-order valence-corrected chi connectivity index (χ3v) is 6.31. The summed E-state index contributed by atoms with van der Waals surface area (Å²) < 4.78 is 5.56. The number of hydrogen-bond donors (Lipinski definition) is 2. The monoisotopic (exact) mass is 424 g/mol. The van der Waals surface area contributed by atoms with Crippen molar-refractivity contribution >= 4 is 11.5 Å². The Morgan fingerprint density at radius 3 is 2.81 bits per heavy atom. The Morgan fingerprint density at radius 1 is 1.26 bits per heavy atom. The molecule has 2 aromatic rings. The molecule has 0 spiro atoms. The predicted molar refractivity (Wildman–Crippen MR) is 127 cm³/mol. The van der Waals surface area contributed by atoms with Crippen LogP contribution in [0.4, 0.5) is 11.5 Å². The van der Waals surface area contributed by atoms with Gasteiger partial charge in [-0.3, -0.25) is 0 Å². The lowest BCUT2D eigenvalue weighted by atomic mass is 9.87. The smallest absolute Gasteiger partial charge is 0.139 e. The van der Waals surface area contributed by atoms with Gasteiger partial charge in [0.15, 0.2) is 0 Å². The largest absolute Gasteiger partial charge is 0.497 e. The highest BCUT2D eigenvalue weighted by Crippen LogP contribution is 2.47. The van der Waals surface area contributed by atoms with E-state index in [0.717, 1.165) is 56.2 Å². The summed E-state index contributed by atoms with van der Waals surface area (Å²) in [6, 6.07) is 6.39. The molecule has 0 amide bonds. The summed E-state index contributed by atoms with van der Waals surface area (Å²) in [7, 11) is 5.97. The maximum atomic E-state index is 10.0. The van der Waals surface area contributed by atoms with Crippen molar-refractivity contribution < 1.29 is 9.84 Å². The van der Waals surface area contributed by atoms with E-state index in [1.165, 1.54) is 40.8 Å². The van der Waals surface area contributed by atoms with E-state index in [1.807, 2.05) is 6.92 Å². The SMILES string of the molecule is COc1ccc2c(c1)-c1c(nc3c(c1NCC(C)O)CCCC3)N(CCCN(C)C)C2. The van der Waals surface area contributed by atoms with Gasteiger partial charge < -0.3 is 25.0 Å². The summed E-state index contributed by atoms with van der Waals surface area (Å²) in [4.78, 5) is 9.92. The van der Waals surface area contributed by atoms with Crippen LogP contribution in [-0.2, 0) is 19.4 Å². The number of anilines is 2. The molecule has 1 atom stereocenters. The van der Waals surface area contributed by atoms with E-state index in [4.69, 9.17) is 9.72 Å². The van der Waals surface area contributed by atoms with E-state index in [-0.39, 0.29) is 0 Å². The van der Waals surface area contributed by atoms with Gasteiger partial charge in [-0.25, -0.2) is 4.98 Å². The number of benzene rings is 1. The third-order valence-electron chi connectivity index (χ3n) is 6.31. The number of nitrogens with zero attached hydrogens (tertiary/aromatic N) is 3. The molecule has 168 valence electrons. The third kappa shape index (κ3) is 4.65. The average Bonchev–Trinajstić information content (AvgIpc) is 2.76. The van der Waals surface area contributed by atoms with Crippen LogP contribution in [0.25, 0.3) is 11.1 Å². The second-order valence-electron chi connectivity index (χ2n) is 9.15. The lowest BCUT2D eigenvalue weighted by Gasteiger charge is -2.36. The van der Waals surface area contributed by atoms with E-state index < -0.39 is 6.10 Å². The zero-order valence-electron chi connectivity index (χ0n) is 19.4. The molecule has 0 saturated carbocycles. The number of rotatable bonds is 8. The molecular formula is C25H36N4O2. The fourth-order valence-electron chi connectivity index (χ4n) is 4.75. The van der Waals surface area contributed by atoms with Crippen molar-refractivity contribution in [2.24, 2.45) is 0 Å². The van der Waals surface area contributed by atoms with Crippen LogP contribution < -0.4 is 15.0 Å². The fraction of sp³-hybridized carbons (Fsp3) is 0.560. The topological polar surface area (TPSA) is 60.9 Å². The molecule has 6 nitrogen and oxygen atoms in total. The maximum Gasteiger partial charge on any atom is 0.139 e. The predicted octanol–water partition coefficient (Wildman–Crippen LogP) is 3.70. The standard InChI is InChI=1S/C25H36N4O2/c1-17(30)15-26-24-20-8-5-6-9-22(20)27-25-23(24)21-14-19(31-4)11-10-18(21)16-29(25)13-7-12-28(2)3/h10-11,14,17,30H,5-9,12-13,15-16H2,1-4H3,(H,26,27). The molecule has 0 bridgehead atoms. The minimum absolute atomic E-state index is 0.410. The highest BCUT2D eigenvalue weighted by molar-refractivity contribution is 5.93. The molecule has 6 heteroatoms. The molecule has 1 aliphatic heterocycles. The van der Waals surface area contributed by atoms with Crippen LogP contribution in [-0.4, -0.2) is 61.9 Å². The van der Waals surface area contributed by atoms with Gasteiger partial charge in [0.2, 0.25) is 0 Å². The zero-order valence-corrected chi connectivity index (χ0v) is 19.4. The number of pyridine rings is 1. The van der Waals surface area contributed by atoms with Crippen molar-refractivity contribution in [3.8, 4) is 16.9 Å². The zero-order chi connectivity index (χ0) is 22.0. The molecule has 1 aromatic carbocycles. The summed E-state index contributed by atoms with van der Waals surface area (Å²) in [5.41, 5.74) is 7.39. The molecule has 1 aromatic heterocycles. The molecule has 0 fully saturated rings. The number of methoxy groups -OCH3 is 1. The Balaban J connectivity index is 1.85. The van der Waals surface area contributed by atoms with Crippen LogP contribution in [0.3, 0.4) is 0 Å². The van der Waals surface area contributed by atoms with Crippen LogP contribution in [0.15, 0.2) is 18.2 Å². The number of aliphatic hydroxyl groups is 1. The van der Waals surface area contributed by atoms with Gasteiger partial charge >= 0.3 is 0 Å². The van der Waals surface area contributed by atoms with Crippen molar-refractivity contribution in [1.82, 2.24) is 9.88 Å². The van der Waals surface area contributed by atoms with Crippen molar-refractivity contribution in [2.45, 2.75) is 51.7 Å². The Morgan fingerprint density at radius 2 is 2.06 bits per heavy atom. The molecule has 4 rings (SSSR count). The van der Waals surface area contributed by atoms with Crippen LogP contribution in [0.5, 0.6) is 5.75 Å². The lowest BCUT2D eigenvalue weighted by Crippen LogP contribution is -2.32. The van der Waals surface area contributed by atoms with Gasteiger partial charge in [0, 0.05) is 30.9 Å². The number of aryl methyl sites for hydroxylation is 1. The summed E-state index contributed by atoms with van der Waals surface area (Å²) >= 11 is 0. The molecule has 2 aliphatic rings. The van der Waals surface area contributed by atoms with Gasteiger partial charge in [0.1, 0.15) is 11.6 Å². The molecule has 1 unspecified atom stereocenters. The van der Waals surface area contributed by atoms with Crippen LogP contribution in [0.1, 0.15) is 43.0 Å². The van der Waals surface area contributed by atoms with Gasteiger partial charge in [0.05, 0.1) is 18.9 Å². The molecule has 31 heavy (non-hydrogen) atoms. The van der Waals surface area contributed by atoms with E-state index in [2.05, 4.69) is 47.4 Å². The van der Waals surface area contributed by atoms with Crippen molar-refractivity contribution in [3.63, 3.8) is 0 Å². The lowest BCUT2D eigenvalue weighted by molar-refractivity contribution is 0.208. The molecule has 0 radical (unpaired) electrons. The van der Waals surface area contributed by atoms with Crippen molar-refractivity contribution in [1.29, 1.82) is 0 Å². The summed E-state index contributed by atoms with van der Waals surface area (Å²) in [5, 5.41) is 13.6. The number of ether oxygens (including phenoxy) is 1. The van der Waals surface area contributed by atoms with Crippen molar-refractivity contribution in [2.75, 3.05) is 51.1 Å². The molecule has 2 N–H and O–H groups in total. The maximum absolute atomic E-state index is 10.0. The van der Waals surface area contributed by atoms with Crippen molar-refractivity contribution in [3.05, 3.63) is 35.0 Å². The average molecular weight is 425 g/mol.